The molecule has 0 heterocycles. The highest BCUT2D eigenvalue weighted by Crippen LogP contribution is 2.32. The molecule has 0 radical (unpaired) electrons. The van der Waals surface area contributed by atoms with E-state index in [0.717, 1.165) is 11.8 Å². The van der Waals surface area contributed by atoms with Crippen LogP contribution in [0, 0.1) is 11.8 Å². The van der Waals surface area contributed by atoms with Crippen molar-refractivity contribution < 1.29 is 0 Å². The lowest BCUT2D eigenvalue weighted by Gasteiger charge is -2.26. The molecular weight excluding hydrogens is 408 g/mol. The molecule has 1 unspecified atom stereocenters. The largest absolute Gasteiger partial charge is 0.0654 e. The lowest BCUT2D eigenvalue weighted by atomic mass is 9.79. The van der Waals surface area contributed by atoms with E-state index in [4.69, 9.17) is 0 Å². The second-order valence-corrected chi connectivity index (χ2v) is 12.1. The molecule has 1 aliphatic carbocycles. The SMILES string of the molecule is CCCCCCCCCCCCCCCCCCCCC(CC)C1CCCCCCCCCC1. The molecule has 1 rings (SSSR count). The van der Waals surface area contributed by atoms with Crippen molar-refractivity contribution in [2.75, 3.05) is 0 Å². The summed E-state index contributed by atoms with van der Waals surface area (Å²) in [5, 5.41) is 0. The van der Waals surface area contributed by atoms with E-state index in [1.807, 2.05) is 0 Å². The predicted octanol–water partition coefficient (Wildman–Crippen LogP) is 13.0. The molecule has 34 heavy (non-hydrogen) atoms. The Morgan fingerprint density at radius 3 is 1.09 bits per heavy atom. The standard InChI is InChI=1S/C34H68/c1-3-5-6-7-8-9-10-11-12-13-14-15-16-17-18-21-24-27-30-33(4-2)34-31-28-25-22-19-20-23-26-29-32-34/h33-34H,3-32H2,1-2H3. The minimum atomic E-state index is 1.03. The normalized spacial score (nSPS) is 17.5. The van der Waals surface area contributed by atoms with Crippen LogP contribution in [-0.4, -0.2) is 0 Å². The summed E-state index contributed by atoms with van der Waals surface area (Å²) in [6, 6.07) is 0. The molecule has 0 aliphatic heterocycles. The van der Waals surface area contributed by atoms with Crippen molar-refractivity contribution in [1.82, 2.24) is 0 Å². The van der Waals surface area contributed by atoms with E-state index < -0.39 is 0 Å². The summed E-state index contributed by atoms with van der Waals surface area (Å²) in [6.07, 6.45) is 44.8. The Morgan fingerprint density at radius 2 is 0.735 bits per heavy atom. The molecule has 0 amide bonds. The molecule has 0 aromatic heterocycles. The van der Waals surface area contributed by atoms with Gasteiger partial charge in [0.2, 0.25) is 0 Å². The third-order valence-corrected chi connectivity index (χ3v) is 9.02. The smallest absolute Gasteiger partial charge is 0.0386 e. The van der Waals surface area contributed by atoms with E-state index in [0.29, 0.717) is 0 Å². The Morgan fingerprint density at radius 1 is 0.412 bits per heavy atom. The maximum Gasteiger partial charge on any atom is -0.0386 e. The molecule has 0 nitrogen and oxygen atoms in total. The van der Waals surface area contributed by atoms with Crippen molar-refractivity contribution in [3.63, 3.8) is 0 Å². The van der Waals surface area contributed by atoms with Crippen LogP contribution in [0.4, 0.5) is 0 Å². The topological polar surface area (TPSA) is 0 Å². The van der Waals surface area contributed by atoms with Crippen LogP contribution >= 0.6 is 0 Å². The van der Waals surface area contributed by atoms with E-state index in [1.54, 1.807) is 0 Å². The quantitative estimate of drug-likeness (QED) is 0.144. The zero-order valence-electron chi connectivity index (χ0n) is 24.4. The summed E-state index contributed by atoms with van der Waals surface area (Å²) in [5.74, 6) is 2.08. The van der Waals surface area contributed by atoms with Gasteiger partial charge >= 0.3 is 0 Å². The van der Waals surface area contributed by atoms with Gasteiger partial charge in [0.15, 0.2) is 0 Å². The summed E-state index contributed by atoms with van der Waals surface area (Å²) in [5.41, 5.74) is 0. The lowest BCUT2D eigenvalue weighted by molar-refractivity contribution is 0.251. The zero-order chi connectivity index (χ0) is 24.4. The first-order valence-electron chi connectivity index (χ1n) is 16.9. The summed E-state index contributed by atoms with van der Waals surface area (Å²) in [4.78, 5) is 0. The van der Waals surface area contributed by atoms with Crippen molar-refractivity contribution in [2.24, 2.45) is 11.8 Å². The fraction of sp³-hybridized carbons (Fsp3) is 1.00. The molecule has 1 atom stereocenters. The first-order chi connectivity index (χ1) is 16.9. The Hall–Kier alpha value is 0. The first kappa shape index (κ1) is 32.0. The monoisotopic (exact) mass is 477 g/mol. The van der Waals surface area contributed by atoms with Gasteiger partial charge in [-0.25, -0.2) is 0 Å². The van der Waals surface area contributed by atoms with Crippen molar-refractivity contribution in [3.05, 3.63) is 0 Å². The zero-order valence-corrected chi connectivity index (χ0v) is 24.4. The van der Waals surface area contributed by atoms with Gasteiger partial charge in [-0.1, -0.05) is 206 Å². The molecule has 0 saturated heterocycles. The van der Waals surface area contributed by atoms with E-state index >= 15 is 0 Å². The second kappa shape index (κ2) is 26.1. The molecule has 0 bridgehead atoms. The first-order valence-corrected chi connectivity index (χ1v) is 16.9. The molecule has 204 valence electrons. The van der Waals surface area contributed by atoms with Gasteiger partial charge in [-0.15, -0.1) is 0 Å². The molecule has 1 aliphatic rings. The van der Waals surface area contributed by atoms with Gasteiger partial charge in [0.1, 0.15) is 0 Å². The molecule has 0 aromatic rings. The minimum Gasteiger partial charge on any atom is -0.0654 e. The number of rotatable bonds is 21. The van der Waals surface area contributed by atoms with Gasteiger partial charge in [-0.05, 0) is 11.8 Å². The third-order valence-electron chi connectivity index (χ3n) is 9.02. The minimum absolute atomic E-state index is 1.03. The molecule has 0 N–H and O–H groups in total. The number of unbranched alkanes of at least 4 members (excludes halogenated alkanes) is 17. The highest BCUT2D eigenvalue weighted by Gasteiger charge is 2.19. The maximum atomic E-state index is 2.48. The van der Waals surface area contributed by atoms with Gasteiger partial charge in [0.25, 0.3) is 0 Å². The van der Waals surface area contributed by atoms with Gasteiger partial charge in [0, 0.05) is 0 Å². The lowest BCUT2D eigenvalue weighted by Crippen LogP contribution is -2.15. The number of hydrogen-bond acceptors (Lipinski definition) is 0. The Bertz CT molecular complexity index is 360. The summed E-state index contributed by atoms with van der Waals surface area (Å²) < 4.78 is 0. The molecule has 0 spiro atoms. The summed E-state index contributed by atoms with van der Waals surface area (Å²) in [7, 11) is 0. The highest BCUT2D eigenvalue weighted by atomic mass is 14.2. The molecule has 1 saturated carbocycles. The highest BCUT2D eigenvalue weighted by molar-refractivity contribution is 4.71. The average molecular weight is 477 g/mol. The van der Waals surface area contributed by atoms with Crippen molar-refractivity contribution in [2.45, 2.75) is 206 Å². The predicted molar refractivity (Wildman–Crippen MR) is 157 cm³/mol. The van der Waals surface area contributed by atoms with Crippen molar-refractivity contribution in [1.29, 1.82) is 0 Å². The second-order valence-electron chi connectivity index (χ2n) is 12.1. The van der Waals surface area contributed by atoms with Crippen molar-refractivity contribution in [3.8, 4) is 0 Å². The van der Waals surface area contributed by atoms with Gasteiger partial charge in [0.05, 0.1) is 0 Å². The summed E-state index contributed by atoms with van der Waals surface area (Å²) >= 11 is 0. The molecular formula is C34H68. The third kappa shape index (κ3) is 20.2. The van der Waals surface area contributed by atoms with E-state index in [9.17, 15) is 0 Å². The maximum absolute atomic E-state index is 2.48. The van der Waals surface area contributed by atoms with Crippen LogP contribution in [0.3, 0.4) is 0 Å². The van der Waals surface area contributed by atoms with Crippen LogP contribution in [-0.2, 0) is 0 Å². The van der Waals surface area contributed by atoms with E-state index in [2.05, 4.69) is 13.8 Å². The Balaban J connectivity index is 1.89. The van der Waals surface area contributed by atoms with E-state index in [-0.39, 0.29) is 0 Å². The number of hydrogen-bond donors (Lipinski definition) is 0. The van der Waals surface area contributed by atoms with Crippen LogP contribution in [0.25, 0.3) is 0 Å². The molecule has 0 aromatic carbocycles. The van der Waals surface area contributed by atoms with Crippen LogP contribution in [0.5, 0.6) is 0 Å². The molecule has 1 fully saturated rings. The van der Waals surface area contributed by atoms with Crippen molar-refractivity contribution >= 4 is 0 Å². The van der Waals surface area contributed by atoms with Gasteiger partial charge in [-0.3, -0.25) is 0 Å². The van der Waals surface area contributed by atoms with Crippen LogP contribution in [0.1, 0.15) is 206 Å². The Labute approximate surface area is 218 Å². The average Bonchev–Trinajstić information content (AvgIpc) is 2.91. The molecule has 0 heteroatoms. The van der Waals surface area contributed by atoms with Crippen LogP contribution in [0.2, 0.25) is 0 Å². The van der Waals surface area contributed by atoms with Gasteiger partial charge < -0.3 is 0 Å². The fourth-order valence-corrected chi connectivity index (χ4v) is 6.57. The van der Waals surface area contributed by atoms with Crippen LogP contribution < -0.4 is 0 Å². The van der Waals surface area contributed by atoms with Gasteiger partial charge in [-0.2, -0.15) is 0 Å². The van der Waals surface area contributed by atoms with Crippen LogP contribution in [0.15, 0.2) is 0 Å². The fourth-order valence-electron chi connectivity index (χ4n) is 6.57. The Kier molecular flexibility index (Phi) is 24.6. The summed E-state index contributed by atoms with van der Waals surface area (Å²) in [6.45, 7) is 4.79. The van der Waals surface area contributed by atoms with E-state index in [1.165, 1.54) is 193 Å².